The van der Waals surface area contributed by atoms with Crippen LogP contribution in [0, 0.1) is 13.8 Å². The maximum Gasteiger partial charge on any atom is 0.341 e. The van der Waals surface area contributed by atoms with Gasteiger partial charge in [0.25, 0.3) is 5.56 Å². The van der Waals surface area contributed by atoms with Gasteiger partial charge in [-0.15, -0.1) is 11.3 Å². The van der Waals surface area contributed by atoms with Crippen LogP contribution in [0.5, 0.6) is 0 Å². The number of aryl methyl sites for hydroxylation is 4. The number of carbonyl (C=O) groups is 2. The maximum absolute atomic E-state index is 13.2. The maximum atomic E-state index is 13.2. The zero-order valence-corrected chi connectivity index (χ0v) is 21.5. The Labute approximate surface area is 208 Å². The SMILES string of the molecule is CCCc1cc(=O)n(CC(=O)Nc2sc3c(c2C(=O)OCC)CCCC3)c(-n2nc(C)cc2C)n1. The van der Waals surface area contributed by atoms with Crippen molar-refractivity contribution in [1.82, 2.24) is 19.3 Å². The first-order valence-electron chi connectivity index (χ1n) is 12.1. The molecule has 186 valence electrons. The predicted octanol–water partition coefficient (Wildman–Crippen LogP) is 3.75. The molecule has 0 spiro atoms. The first-order valence-corrected chi connectivity index (χ1v) is 12.9. The first-order chi connectivity index (χ1) is 16.8. The topological polar surface area (TPSA) is 108 Å². The minimum absolute atomic E-state index is 0.253. The van der Waals surface area contributed by atoms with Crippen LogP contribution in [0.2, 0.25) is 0 Å². The number of thiophene rings is 1. The number of aromatic nitrogens is 4. The van der Waals surface area contributed by atoms with Gasteiger partial charge in [0.1, 0.15) is 11.5 Å². The summed E-state index contributed by atoms with van der Waals surface area (Å²) in [5, 5.41) is 7.85. The van der Waals surface area contributed by atoms with E-state index in [9.17, 15) is 14.4 Å². The summed E-state index contributed by atoms with van der Waals surface area (Å²) >= 11 is 1.42. The smallest absolute Gasteiger partial charge is 0.341 e. The molecule has 0 fully saturated rings. The van der Waals surface area contributed by atoms with Crippen molar-refractivity contribution in [1.29, 1.82) is 0 Å². The van der Waals surface area contributed by atoms with Crippen LogP contribution in [-0.4, -0.2) is 37.8 Å². The molecular formula is C25H31N5O4S. The predicted molar refractivity (Wildman–Crippen MR) is 135 cm³/mol. The molecule has 9 nitrogen and oxygen atoms in total. The van der Waals surface area contributed by atoms with Crippen LogP contribution in [0.25, 0.3) is 5.95 Å². The third-order valence-electron chi connectivity index (χ3n) is 5.95. The zero-order chi connectivity index (χ0) is 25.1. The van der Waals surface area contributed by atoms with Gasteiger partial charge in [0, 0.05) is 22.3 Å². The summed E-state index contributed by atoms with van der Waals surface area (Å²) < 4.78 is 8.20. The largest absolute Gasteiger partial charge is 0.462 e. The van der Waals surface area contributed by atoms with E-state index in [-0.39, 0.29) is 18.7 Å². The van der Waals surface area contributed by atoms with Gasteiger partial charge in [0.05, 0.1) is 17.9 Å². The summed E-state index contributed by atoms with van der Waals surface area (Å²) in [6.45, 7) is 7.53. The standard InChI is InChI=1S/C25H31N5O4S/c1-5-9-17-13-21(32)29(25(26-17)30-16(4)12-15(3)28-30)14-20(31)27-23-22(24(33)34-6-2)18-10-7-8-11-19(18)35-23/h12-13H,5-11,14H2,1-4H3,(H,27,31). The van der Waals surface area contributed by atoms with Crippen molar-refractivity contribution < 1.29 is 14.3 Å². The van der Waals surface area contributed by atoms with Crippen LogP contribution < -0.4 is 10.9 Å². The molecule has 3 heterocycles. The highest BCUT2D eigenvalue weighted by molar-refractivity contribution is 7.17. The number of fused-ring (bicyclic) bond motifs is 1. The molecule has 3 aromatic heterocycles. The van der Waals surface area contributed by atoms with Crippen molar-refractivity contribution in [3.8, 4) is 5.95 Å². The summed E-state index contributed by atoms with van der Waals surface area (Å²) in [5.74, 6) is -0.532. The van der Waals surface area contributed by atoms with Gasteiger partial charge in [0.2, 0.25) is 11.9 Å². The van der Waals surface area contributed by atoms with Gasteiger partial charge >= 0.3 is 5.97 Å². The molecule has 0 radical (unpaired) electrons. The summed E-state index contributed by atoms with van der Waals surface area (Å²) in [6.07, 6.45) is 5.22. The molecule has 35 heavy (non-hydrogen) atoms. The van der Waals surface area contributed by atoms with E-state index in [4.69, 9.17) is 4.74 Å². The third kappa shape index (κ3) is 5.22. The number of hydrogen-bond donors (Lipinski definition) is 1. The van der Waals surface area contributed by atoms with Gasteiger partial charge in [-0.25, -0.2) is 14.5 Å². The lowest BCUT2D eigenvalue weighted by Gasteiger charge is -2.15. The Morgan fingerprint density at radius 2 is 1.94 bits per heavy atom. The molecular weight excluding hydrogens is 466 g/mol. The van der Waals surface area contributed by atoms with Gasteiger partial charge in [-0.2, -0.15) is 5.10 Å². The second-order valence-corrected chi connectivity index (χ2v) is 9.85. The van der Waals surface area contributed by atoms with E-state index >= 15 is 0 Å². The molecule has 1 N–H and O–H groups in total. The minimum atomic E-state index is -0.423. The number of hydrogen-bond acceptors (Lipinski definition) is 7. The first kappa shape index (κ1) is 24.8. The van der Waals surface area contributed by atoms with Crippen molar-refractivity contribution in [2.75, 3.05) is 11.9 Å². The number of anilines is 1. The van der Waals surface area contributed by atoms with E-state index in [0.717, 1.165) is 53.9 Å². The summed E-state index contributed by atoms with van der Waals surface area (Å²) in [6, 6.07) is 3.37. The van der Waals surface area contributed by atoms with E-state index in [1.807, 2.05) is 26.8 Å². The average molecular weight is 498 g/mol. The van der Waals surface area contributed by atoms with Gasteiger partial charge in [0.15, 0.2) is 0 Å². The number of esters is 1. The molecule has 3 aromatic rings. The van der Waals surface area contributed by atoms with E-state index in [2.05, 4.69) is 15.4 Å². The fourth-order valence-electron chi connectivity index (χ4n) is 4.45. The molecule has 1 amide bonds. The molecule has 0 aromatic carbocycles. The second kappa shape index (κ2) is 10.6. The van der Waals surface area contributed by atoms with Crippen molar-refractivity contribution in [2.24, 2.45) is 0 Å². The molecule has 1 aliphatic carbocycles. The number of amides is 1. The Kier molecular flexibility index (Phi) is 7.49. The Balaban J connectivity index is 1.68. The fourth-order valence-corrected chi connectivity index (χ4v) is 5.74. The highest BCUT2D eigenvalue weighted by Gasteiger charge is 2.27. The molecule has 0 bridgehead atoms. The molecule has 4 rings (SSSR count). The lowest BCUT2D eigenvalue weighted by molar-refractivity contribution is -0.116. The summed E-state index contributed by atoms with van der Waals surface area (Å²) in [7, 11) is 0. The monoisotopic (exact) mass is 497 g/mol. The van der Waals surface area contributed by atoms with Crippen LogP contribution >= 0.6 is 11.3 Å². The molecule has 0 saturated carbocycles. The van der Waals surface area contributed by atoms with Crippen molar-refractivity contribution in [2.45, 2.75) is 72.8 Å². The molecule has 1 aliphatic rings. The lowest BCUT2D eigenvalue weighted by Crippen LogP contribution is -2.32. The van der Waals surface area contributed by atoms with Crippen molar-refractivity contribution in [3.05, 3.63) is 55.6 Å². The van der Waals surface area contributed by atoms with Gasteiger partial charge in [-0.1, -0.05) is 13.3 Å². The molecule has 0 saturated heterocycles. The molecule has 0 unspecified atom stereocenters. The quantitative estimate of drug-likeness (QED) is 0.475. The van der Waals surface area contributed by atoms with E-state index in [1.54, 1.807) is 11.6 Å². The van der Waals surface area contributed by atoms with Gasteiger partial charge in [-0.05, 0) is 64.5 Å². The summed E-state index contributed by atoms with van der Waals surface area (Å²) in [5.41, 5.74) is 3.36. The van der Waals surface area contributed by atoms with Crippen LogP contribution in [0.15, 0.2) is 16.9 Å². The van der Waals surface area contributed by atoms with E-state index < -0.39 is 11.9 Å². The number of nitrogens with zero attached hydrogens (tertiary/aromatic N) is 4. The van der Waals surface area contributed by atoms with Gasteiger partial charge in [-0.3, -0.25) is 14.2 Å². The third-order valence-corrected chi connectivity index (χ3v) is 7.16. The second-order valence-electron chi connectivity index (χ2n) is 8.74. The average Bonchev–Trinajstić information content (AvgIpc) is 3.34. The highest BCUT2D eigenvalue weighted by Crippen LogP contribution is 2.38. The minimum Gasteiger partial charge on any atom is -0.462 e. The number of nitrogens with one attached hydrogen (secondary N) is 1. The molecule has 10 heteroatoms. The lowest BCUT2D eigenvalue weighted by atomic mass is 9.95. The number of ether oxygens (including phenoxy) is 1. The normalized spacial score (nSPS) is 12.9. The Bertz CT molecular complexity index is 1320. The fraction of sp³-hybridized carbons (Fsp3) is 0.480. The van der Waals surface area contributed by atoms with E-state index in [1.165, 1.54) is 22.0 Å². The highest BCUT2D eigenvalue weighted by atomic mass is 32.1. The summed E-state index contributed by atoms with van der Waals surface area (Å²) in [4.78, 5) is 44.8. The van der Waals surface area contributed by atoms with Crippen LogP contribution in [0.1, 0.15) is 71.0 Å². The van der Waals surface area contributed by atoms with Crippen LogP contribution in [0.4, 0.5) is 5.00 Å². The Morgan fingerprint density at radius 3 is 2.63 bits per heavy atom. The Morgan fingerprint density at radius 1 is 1.17 bits per heavy atom. The molecule has 0 aliphatic heterocycles. The number of carbonyl (C=O) groups excluding carboxylic acids is 2. The van der Waals surface area contributed by atoms with Crippen LogP contribution in [0.3, 0.4) is 0 Å². The van der Waals surface area contributed by atoms with Crippen LogP contribution in [-0.2, 0) is 35.3 Å². The number of rotatable bonds is 8. The van der Waals surface area contributed by atoms with Crippen molar-refractivity contribution >= 4 is 28.2 Å². The van der Waals surface area contributed by atoms with Crippen molar-refractivity contribution in [3.63, 3.8) is 0 Å². The van der Waals surface area contributed by atoms with E-state index in [0.29, 0.717) is 28.6 Å². The Hall–Kier alpha value is -3.27. The zero-order valence-electron chi connectivity index (χ0n) is 20.6. The molecule has 0 atom stereocenters. The van der Waals surface area contributed by atoms with Gasteiger partial charge < -0.3 is 10.1 Å².